The van der Waals surface area contributed by atoms with Crippen molar-refractivity contribution < 1.29 is 9.18 Å². The zero-order valence-corrected chi connectivity index (χ0v) is 15.2. The van der Waals surface area contributed by atoms with Crippen molar-refractivity contribution in [2.75, 3.05) is 13.1 Å². The molecule has 3 aromatic rings. The van der Waals surface area contributed by atoms with Crippen LogP contribution in [-0.2, 0) is 11.3 Å². The number of benzene rings is 1. The molecule has 3 rings (SSSR count). The van der Waals surface area contributed by atoms with E-state index in [1.165, 1.54) is 12.1 Å². The van der Waals surface area contributed by atoms with Crippen molar-refractivity contribution >= 4 is 17.1 Å². The predicted molar refractivity (Wildman–Crippen MR) is 100 cm³/mol. The molecule has 0 spiro atoms. The molecule has 136 valence electrons. The van der Waals surface area contributed by atoms with E-state index in [9.17, 15) is 9.18 Å². The lowest BCUT2D eigenvalue weighted by molar-refractivity contribution is -0.131. The van der Waals surface area contributed by atoms with E-state index >= 15 is 0 Å². The van der Waals surface area contributed by atoms with Crippen LogP contribution in [0.15, 0.2) is 42.6 Å². The van der Waals surface area contributed by atoms with Gasteiger partial charge in [-0.25, -0.2) is 14.4 Å². The molecule has 0 fully saturated rings. The lowest BCUT2D eigenvalue weighted by atomic mass is 10.2. The maximum Gasteiger partial charge on any atom is 0.242 e. The summed E-state index contributed by atoms with van der Waals surface area (Å²) in [5.74, 6) is 0.365. The van der Waals surface area contributed by atoms with E-state index in [1.54, 1.807) is 18.3 Å². The summed E-state index contributed by atoms with van der Waals surface area (Å²) in [6, 6.07) is 9.83. The van der Waals surface area contributed by atoms with E-state index in [4.69, 9.17) is 0 Å². The van der Waals surface area contributed by atoms with Gasteiger partial charge in [-0.15, -0.1) is 0 Å². The fraction of sp³-hybridized carbons (Fsp3) is 0.350. The Hall–Kier alpha value is -2.76. The molecule has 0 radical (unpaired) electrons. The predicted octanol–water partition coefficient (Wildman–Crippen LogP) is 3.89. The normalized spacial score (nSPS) is 11.0. The van der Waals surface area contributed by atoms with Crippen molar-refractivity contribution in [3.63, 3.8) is 0 Å². The Kier molecular flexibility index (Phi) is 5.61. The van der Waals surface area contributed by atoms with E-state index < -0.39 is 0 Å². The molecule has 1 aromatic carbocycles. The Labute approximate surface area is 152 Å². The van der Waals surface area contributed by atoms with Crippen molar-refractivity contribution in [1.29, 1.82) is 0 Å². The van der Waals surface area contributed by atoms with Crippen LogP contribution >= 0.6 is 0 Å². The molecule has 0 bridgehead atoms. The molecular weight excluding hydrogens is 331 g/mol. The number of hydrogen-bond acceptors (Lipinski definition) is 3. The number of carbonyl (C=O) groups is 1. The van der Waals surface area contributed by atoms with Crippen LogP contribution in [0.3, 0.4) is 0 Å². The minimum absolute atomic E-state index is 0.0435. The number of pyridine rings is 1. The molecule has 0 saturated carbocycles. The SMILES string of the molecule is CCCN(CCC)C(=O)Cn1c(-c2ccc(F)cc2)nc2cccnc21. The monoisotopic (exact) mass is 354 g/mol. The number of aromatic nitrogens is 3. The van der Waals surface area contributed by atoms with Crippen molar-refractivity contribution in [3.8, 4) is 11.4 Å². The molecule has 0 aliphatic heterocycles. The molecule has 0 saturated heterocycles. The maximum atomic E-state index is 13.3. The summed E-state index contributed by atoms with van der Waals surface area (Å²) in [5, 5.41) is 0. The van der Waals surface area contributed by atoms with Crippen LogP contribution in [0, 0.1) is 5.82 Å². The van der Waals surface area contributed by atoms with Crippen LogP contribution in [0.2, 0.25) is 0 Å². The highest BCUT2D eigenvalue weighted by atomic mass is 19.1. The summed E-state index contributed by atoms with van der Waals surface area (Å²) >= 11 is 0. The summed E-state index contributed by atoms with van der Waals surface area (Å²) in [4.78, 5) is 23.8. The fourth-order valence-electron chi connectivity index (χ4n) is 3.06. The Morgan fingerprint density at radius 3 is 2.46 bits per heavy atom. The van der Waals surface area contributed by atoms with E-state index in [1.807, 2.05) is 21.6 Å². The lowest BCUT2D eigenvalue weighted by Crippen LogP contribution is -2.35. The third-order valence-electron chi connectivity index (χ3n) is 4.24. The third kappa shape index (κ3) is 3.74. The summed E-state index contributed by atoms with van der Waals surface area (Å²) in [6.07, 6.45) is 3.52. The molecule has 26 heavy (non-hydrogen) atoms. The molecule has 0 aliphatic rings. The molecule has 0 aliphatic carbocycles. The van der Waals surface area contributed by atoms with Gasteiger partial charge < -0.3 is 4.90 Å². The largest absolute Gasteiger partial charge is 0.341 e. The van der Waals surface area contributed by atoms with E-state index in [0.717, 1.165) is 37.0 Å². The van der Waals surface area contributed by atoms with E-state index in [-0.39, 0.29) is 18.3 Å². The minimum Gasteiger partial charge on any atom is -0.341 e. The van der Waals surface area contributed by atoms with Gasteiger partial charge in [-0.05, 0) is 49.2 Å². The smallest absolute Gasteiger partial charge is 0.242 e. The highest BCUT2D eigenvalue weighted by Crippen LogP contribution is 2.24. The fourth-order valence-corrected chi connectivity index (χ4v) is 3.06. The van der Waals surface area contributed by atoms with Crippen LogP contribution in [0.5, 0.6) is 0 Å². The topological polar surface area (TPSA) is 51.0 Å². The van der Waals surface area contributed by atoms with Crippen LogP contribution in [-0.4, -0.2) is 38.4 Å². The first-order valence-electron chi connectivity index (χ1n) is 8.99. The van der Waals surface area contributed by atoms with Gasteiger partial charge in [0, 0.05) is 24.8 Å². The molecule has 6 heteroatoms. The van der Waals surface area contributed by atoms with Gasteiger partial charge in [0.2, 0.25) is 5.91 Å². The number of fused-ring (bicyclic) bond motifs is 1. The van der Waals surface area contributed by atoms with Gasteiger partial charge in [-0.2, -0.15) is 0 Å². The second kappa shape index (κ2) is 8.08. The number of rotatable bonds is 7. The Morgan fingerprint density at radius 2 is 1.81 bits per heavy atom. The summed E-state index contributed by atoms with van der Waals surface area (Å²) in [7, 11) is 0. The maximum absolute atomic E-state index is 13.3. The number of carbonyl (C=O) groups excluding carboxylic acids is 1. The van der Waals surface area contributed by atoms with E-state index in [0.29, 0.717) is 11.5 Å². The first-order valence-corrected chi connectivity index (χ1v) is 8.99. The van der Waals surface area contributed by atoms with Gasteiger partial charge in [-0.3, -0.25) is 9.36 Å². The molecule has 5 nitrogen and oxygen atoms in total. The molecule has 1 amide bonds. The molecule has 0 N–H and O–H groups in total. The minimum atomic E-state index is -0.303. The summed E-state index contributed by atoms with van der Waals surface area (Å²) in [6.45, 7) is 5.76. The van der Waals surface area contributed by atoms with Crippen molar-refractivity contribution in [2.24, 2.45) is 0 Å². The van der Waals surface area contributed by atoms with Crippen LogP contribution < -0.4 is 0 Å². The first-order chi connectivity index (χ1) is 12.6. The summed E-state index contributed by atoms with van der Waals surface area (Å²) in [5.41, 5.74) is 2.14. The standard InChI is InChI=1S/C20H23FN4O/c1-3-12-24(13-4-2)18(26)14-25-19(15-7-9-16(21)10-8-15)23-17-6-5-11-22-20(17)25/h5-11H,3-4,12-14H2,1-2H3. The van der Waals surface area contributed by atoms with Crippen LogP contribution in [0.4, 0.5) is 4.39 Å². The van der Waals surface area contributed by atoms with Gasteiger partial charge >= 0.3 is 0 Å². The number of hydrogen-bond donors (Lipinski definition) is 0. The molecule has 0 atom stereocenters. The average molecular weight is 354 g/mol. The molecule has 2 aromatic heterocycles. The van der Waals surface area contributed by atoms with Gasteiger partial charge in [0.15, 0.2) is 5.65 Å². The van der Waals surface area contributed by atoms with Crippen LogP contribution in [0.25, 0.3) is 22.6 Å². The van der Waals surface area contributed by atoms with Crippen molar-refractivity contribution in [3.05, 3.63) is 48.4 Å². The Morgan fingerprint density at radius 1 is 1.12 bits per heavy atom. The molecular formula is C20H23FN4O. The van der Waals surface area contributed by atoms with E-state index in [2.05, 4.69) is 23.8 Å². The first kappa shape index (κ1) is 18.0. The summed E-state index contributed by atoms with van der Waals surface area (Å²) < 4.78 is 15.1. The van der Waals surface area contributed by atoms with Gasteiger partial charge in [0.05, 0.1) is 0 Å². The van der Waals surface area contributed by atoms with Gasteiger partial charge in [-0.1, -0.05) is 13.8 Å². The van der Waals surface area contributed by atoms with Gasteiger partial charge in [0.1, 0.15) is 23.7 Å². The third-order valence-corrected chi connectivity index (χ3v) is 4.24. The number of imidazole rings is 1. The van der Waals surface area contributed by atoms with Gasteiger partial charge in [0.25, 0.3) is 0 Å². The lowest BCUT2D eigenvalue weighted by Gasteiger charge is -2.22. The highest BCUT2D eigenvalue weighted by Gasteiger charge is 2.19. The number of nitrogens with zero attached hydrogens (tertiary/aromatic N) is 4. The molecule has 2 heterocycles. The van der Waals surface area contributed by atoms with Crippen LogP contribution in [0.1, 0.15) is 26.7 Å². The quantitative estimate of drug-likeness (QED) is 0.647. The second-order valence-electron chi connectivity index (χ2n) is 6.26. The number of halogens is 1. The number of amides is 1. The van der Waals surface area contributed by atoms with Crippen molar-refractivity contribution in [2.45, 2.75) is 33.2 Å². The zero-order valence-electron chi connectivity index (χ0n) is 15.2. The Bertz CT molecular complexity index is 882. The van der Waals surface area contributed by atoms with Crippen molar-refractivity contribution in [1.82, 2.24) is 19.4 Å². The average Bonchev–Trinajstić information content (AvgIpc) is 3.01. The Balaban J connectivity index is 2.01. The molecule has 0 unspecified atom stereocenters. The highest BCUT2D eigenvalue weighted by molar-refractivity contribution is 5.82. The zero-order chi connectivity index (χ0) is 18.5. The second-order valence-corrected chi connectivity index (χ2v) is 6.26.